The summed E-state index contributed by atoms with van der Waals surface area (Å²) in [5, 5.41) is 3.70. The minimum Gasteiger partial charge on any atom is -0.352 e. The number of hydrogen-bond donors (Lipinski definition) is 1. The van der Waals surface area contributed by atoms with Crippen molar-refractivity contribution in [3.05, 3.63) is 106 Å². The molecule has 0 heterocycles. The topological polar surface area (TPSA) is 49.4 Å². The molecule has 0 aliphatic carbocycles. The number of nitrogens with zero attached hydrogens (tertiary/aromatic N) is 1. The molecule has 1 N–H and O–H groups in total. The number of nitrogens with one attached hydrogen (secondary N) is 1. The van der Waals surface area contributed by atoms with Gasteiger partial charge in [-0.25, -0.2) is 0 Å². The maximum atomic E-state index is 13.9. The lowest BCUT2D eigenvalue weighted by atomic mass is 9.86. The maximum Gasteiger partial charge on any atom is 0.243 e. The van der Waals surface area contributed by atoms with E-state index in [9.17, 15) is 9.59 Å². The Bertz CT molecular complexity index is 1190. The third-order valence-corrected chi connectivity index (χ3v) is 7.39. The molecule has 2 amide bonds. The van der Waals surface area contributed by atoms with Crippen LogP contribution in [0.5, 0.6) is 0 Å². The average Bonchev–Trinajstić information content (AvgIpc) is 2.90. The van der Waals surface area contributed by atoms with Gasteiger partial charge in [-0.05, 0) is 53.5 Å². The van der Waals surface area contributed by atoms with Gasteiger partial charge in [0.15, 0.2) is 0 Å². The zero-order valence-electron chi connectivity index (χ0n) is 23.3. The second-order valence-corrected chi connectivity index (χ2v) is 11.5. The van der Waals surface area contributed by atoms with Crippen molar-refractivity contribution in [3.8, 4) is 0 Å². The molecule has 0 aliphatic heterocycles. The molecular weight excluding hydrogens is 492 g/mol. The van der Waals surface area contributed by atoms with Crippen LogP contribution in [0.25, 0.3) is 0 Å². The molecule has 202 valence electrons. The van der Waals surface area contributed by atoms with E-state index in [1.165, 1.54) is 5.56 Å². The van der Waals surface area contributed by atoms with Gasteiger partial charge < -0.3 is 10.2 Å². The van der Waals surface area contributed by atoms with Crippen molar-refractivity contribution < 1.29 is 9.59 Å². The highest BCUT2D eigenvalue weighted by molar-refractivity contribution is 6.31. The summed E-state index contributed by atoms with van der Waals surface area (Å²) in [6.45, 7) is 10.9. The van der Waals surface area contributed by atoms with Gasteiger partial charge in [0.2, 0.25) is 11.8 Å². The summed E-state index contributed by atoms with van der Waals surface area (Å²) >= 11 is 6.51. The summed E-state index contributed by atoms with van der Waals surface area (Å²) < 4.78 is 0. The Morgan fingerprint density at radius 1 is 0.895 bits per heavy atom. The van der Waals surface area contributed by atoms with E-state index in [0.717, 1.165) is 23.1 Å². The quantitative estimate of drug-likeness (QED) is 0.285. The minimum atomic E-state index is -0.654. The second-order valence-electron chi connectivity index (χ2n) is 11.1. The molecule has 0 radical (unpaired) electrons. The molecule has 0 spiro atoms. The molecule has 0 bridgehead atoms. The Hall–Kier alpha value is -3.11. The number of aryl methyl sites for hydroxylation is 1. The Morgan fingerprint density at radius 3 is 2.13 bits per heavy atom. The summed E-state index contributed by atoms with van der Waals surface area (Å²) in [5.74, 6) is -0.205. The molecule has 3 aromatic carbocycles. The molecular formula is C33H41ClN2O2. The predicted molar refractivity (Wildman–Crippen MR) is 157 cm³/mol. The zero-order valence-corrected chi connectivity index (χ0v) is 24.1. The summed E-state index contributed by atoms with van der Waals surface area (Å²) in [7, 11) is 0. The Labute approximate surface area is 233 Å². The SMILES string of the molecule is CCC(C)NC(=O)C(Cc1ccccc1)N(Cc1ccccc1Cl)C(=O)CCc1ccc(C(C)(C)C)cc1. The van der Waals surface area contributed by atoms with Crippen molar-refractivity contribution >= 4 is 23.4 Å². The fourth-order valence-electron chi connectivity index (χ4n) is 4.37. The molecule has 4 nitrogen and oxygen atoms in total. The second kappa shape index (κ2) is 13.6. The van der Waals surface area contributed by atoms with Gasteiger partial charge in [0, 0.05) is 30.5 Å². The molecule has 5 heteroatoms. The molecule has 38 heavy (non-hydrogen) atoms. The van der Waals surface area contributed by atoms with Gasteiger partial charge in [-0.1, -0.05) is 112 Å². The summed E-state index contributed by atoms with van der Waals surface area (Å²) in [5.41, 5.74) is 4.27. The van der Waals surface area contributed by atoms with E-state index < -0.39 is 6.04 Å². The zero-order chi connectivity index (χ0) is 27.7. The summed E-state index contributed by atoms with van der Waals surface area (Å²) in [6.07, 6.45) is 2.15. The smallest absolute Gasteiger partial charge is 0.243 e. The van der Waals surface area contributed by atoms with Crippen LogP contribution < -0.4 is 5.32 Å². The highest BCUT2D eigenvalue weighted by Gasteiger charge is 2.31. The first-order valence-electron chi connectivity index (χ1n) is 13.5. The van der Waals surface area contributed by atoms with E-state index >= 15 is 0 Å². The lowest BCUT2D eigenvalue weighted by molar-refractivity contribution is -0.141. The van der Waals surface area contributed by atoms with Crippen LogP contribution in [-0.2, 0) is 34.4 Å². The van der Waals surface area contributed by atoms with Gasteiger partial charge in [0.25, 0.3) is 0 Å². The number of amides is 2. The fraction of sp³-hybridized carbons (Fsp3) is 0.394. The number of rotatable bonds is 11. The first-order chi connectivity index (χ1) is 18.1. The van der Waals surface area contributed by atoms with Crippen LogP contribution in [0.3, 0.4) is 0 Å². The Morgan fingerprint density at radius 2 is 1.53 bits per heavy atom. The Balaban J connectivity index is 1.90. The van der Waals surface area contributed by atoms with Gasteiger partial charge in [-0.2, -0.15) is 0 Å². The molecule has 0 aliphatic rings. The van der Waals surface area contributed by atoms with Gasteiger partial charge in [-0.3, -0.25) is 9.59 Å². The van der Waals surface area contributed by atoms with Crippen LogP contribution in [0.1, 0.15) is 69.7 Å². The lowest BCUT2D eigenvalue weighted by Gasteiger charge is -2.32. The van der Waals surface area contributed by atoms with E-state index in [4.69, 9.17) is 11.6 Å². The number of carbonyl (C=O) groups excluding carboxylic acids is 2. The largest absolute Gasteiger partial charge is 0.352 e. The molecule has 3 rings (SSSR count). The number of carbonyl (C=O) groups is 2. The molecule has 0 aromatic heterocycles. The van der Waals surface area contributed by atoms with Crippen molar-refractivity contribution in [3.63, 3.8) is 0 Å². The van der Waals surface area contributed by atoms with Crippen molar-refractivity contribution in [1.29, 1.82) is 0 Å². The van der Waals surface area contributed by atoms with Crippen molar-refractivity contribution in [2.45, 2.75) is 84.3 Å². The lowest BCUT2D eigenvalue weighted by Crippen LogP contribution is -2.52. The molecule has 0 saturated heterocycles. The first kappa shape index (κ1) is 29.4. The third-order valence-electron chi connectivity index (χ3n) is 7.02. The molecule has 0 fully saturated rings. The summed E-state index contributed by atoms with van der Waals surface area (Å²) in [4.78, 5) is 29.2. The fourth-order valence-corrected chi connectivity index (χ4v) is 4.57. The van der Waals surface area contributed by atoms with E-state index in [-0.39, 0.29) is 29.8 Å². The molecule has 0 saturated carbocycles. The molecule has 2 unspecified atom stereocenters. The van der Waals surface area contributed by atoms with E-state index in [1.54, 1.807) is 4.90 Å². The average molecular weight is 533 g/mol. The van der Waals surface area contributed by atoms with E-state index in [2.05, 4.69) is 50.4 Å². The van der Waals surface area contributed by atoms with Gasteiger partial charge in [-0.15, -0.1) is 0 Å². The van der Waals surface area contributed by atoms with Crippen LogP contribution in [-0.4, -0.2) is 28.8 Å². The molecule has 2 atom stereocenters. The monoisotopic (exact) mass is 532 g/mol. The standard InChI is InChI=1S/C33H41ClN2O2/c1-6-24(2)35-32(38)30(22-26-12-8-7-9-13-26)36(23-27-14-10-11-15-29(27)34)31(37)21-18-25-16-19-28(20-17-25)33(3,4)5/h7-17,19-20,24,30H,6,18,21-23H2,1-5H3,(H,35,38). The highest BCUT2D eigenvalue weighted by Crippen LogP contribution is 2.24. The third kappa shape index (κ3) is 8.46. The maximum absolute atomic E-state index is 13.9. The summed E-state index contributed by atoms with van der Waals surface area (Å²) in [6, 6.07) is 25.2. The van der Waals surface area contributed by atoms with Crippen LogP contribution in [0, 0.1) is 0 Å². The van der Waals surface area contributed by atoms with Gasteiger partial charge in [0.1, 0.15) is 6.04 Å². The van der Waals surface area contributed by atoms with Crippen molar-refractivity contribution in [2.75, 3.05) is 0 Å². The van der Waals surface area contributed by atoms with Crippen LogP contribution in [0.2, 0.25) is 5.02 Å². The predicted octanol–water partition coefficient (Wildman–Crippen LogP) is 7.12. The van der Waals surface area contributed by atoms with E-state index in [0.29, 0.717) is 24.3 Å². The van der Waals surface area contributed by atoms with Gasteiger partial charge in [0.05, 0.1) is 0 Å². The van der Waals surface area contributed by atoms with Crippen LogP contribution >= 0.6 is 11.6 Å². The molecule has 3 aromatic rings. The van der Waals surface area contributed by atoms with Crippen molar-refractivity contribution in [1.82, 2.24) is 10.2 Å². The van der Waals surface area contributed by atoms with Gasteiger partial charge >= 0.3 is 0 Å². The first-order valence-corrected chi connectivity index (χ1v) is 13.9. The number of benzene rings is 3. The van der Waals surface area contributed by atoms with Crippen molar-refractivity contribution in [2.24, 2.45) is 0 Å². The van der Waals surface area contributed by atoms with E-state index in [1.807, 2.05) is 68.4 Å². The minimum absolute atomic E-state index is 0.0133. The normalized spacial score (nSPS) is 13.0. The van der Waals surface area contributed by atoms with Crippen LogP contribution in [0.4, 0.5) is 0 Å². The Kier molecular flexibility index (Phi) is 10.6. The van der Waals surface area contributed by atoms with Crippen LogP contribution in [0.15, 0.2) is 78.9 Å². The highest BCUT2D eigenvalue weighted by atomic mass is 35.5. The number of halogens is 1. The number of hydrogen-bond acceptors (Lipinski definition) is 2.